The lowest BCUT2D eigenvalue weighted by atomic mass is 10.3. The third-order valence-corrected chi connectivity index (χ3v) is 3.15. The predicted octanol–water partition coefficient (Wildman–Crippen LogP) is 3.23. The van der Waals surface area contributed by atoms with E-state index in [-0.39, 0.29) is 12.5 Å². The number of aryl methyl sites for hydroxylation is 1. The maximum Gasteiger partial charge on any atom is 0.263 e. The molecular formula is C18H17N3O3. The van der Waals surface area contributed by atoms with E-state index in [0.29, 0.717) is 17.3 Å². The summed E-state index contributed by atoms with van der Waals surface area (Å²) in [5.74, 6) is 2.29. The highest BCUT2D eigenvalue weighted by Crippen LogP contribution is 2.23. The van der Waals surface area contributed by atoms with Crippen molar-refractivity contribution < 1.29 is 14.3 Å². The predicted molar refractivity (Wildman–Crippen MR) is 90.3 cm³/mol. The van der Waals surface area contributed by atoms with E-state index in [2.05, 4.69) is 10.4 Å². The van der Waals surface area contributed by atoms with Crippen LogP contribution in [0.15, 0.2) is 66.9 Å². The average molecular weight is 323 g/mol. The van der Waals surface area contributed by atoms with Crippen LogP contribution in [0.3, 0.4) is 0 Å². The van der Waals surface area contributed by atoms with E-state index in [0.717, 1.165) is 5.75 Å². The van der Waals surface area contributed by atoms with Gasteiger partial charge in [-0.05, 0) is 36.4 Å². The average Bonchev–Trinajstić information content (AvgIpc) is 3.00. The van der Waals surface area contributed by atoms with E-state index in [9.17, 15) is 4.79 Å². The molecule has 1 aromatic heterocycles. The van der Waals surface area contributed by atoms with Gasteiger partial charge in [0.05, 0.1) is 0 Å². The minimum Gasteiger partial charge on any atom is -0.484 e. The van der Waals surface area contributed by atoms with Gasteiger partial charge in [0.15, 0.2) is 12.4 Å². The van der Waals surface area contributed by atoms with Crippen LogP contribution in [0, 0.1) is 0 Å². The van der Waals surface area contributed by atoms with Crippen molar-refractivity contribution >= 4 is 11.7 Å². The summed E-state index contributed by atoms with van der Waals surface area (Å²) in [6, 6.07) is 18.3. The van der Waals surface area contributed by atoms with Gasteiger partial charge in [-0.25, -0.2) is 0 Å². The first-order valence-corrected chi connectivity index (χ1v) is 7.44. The van der Waals surface area contributed by atoms with Gasteiger partial charge in [-0.3, -0.25) is 9.48 Å². The maximum absolute atomic E-state index is 11.8. The molecule has 2 aromatic carbocycles. The highest BCUT2D eigenvalue weighted by molar-refractivity contribution is 5.90. The van der Waals surface area contributed by atoms with Gasteiger partial charge in [-0.2, -0.15) is 5.10 Å². The van der Waals surface area contributed by atoms with Gasteiger partial charge in [0.2, 0.25) is 0 Å². The molecule has 0 spiro atoms. The second-order valence-electron chi connectivity index (χ2n) is 5.10. The van der Waals surface area contributed by atoms with Crippen molar-refractivity contribution in [1.82, 2.24) is 9.78 Å². The Labute approximate surface area is 139 Å². The summed E-state index contributed by atoms with van der Waals surface area (Å²) in [6.45, 7) is -0.0878. The second-order valence-corrected chi connectivity index (χ2v) is 5.10. The van der Waals surface area contributed by atoms with Gasteiger partial charge in [0.25, 0.3) is 5.91 Å². The molecule has 0 saturated heterocycles. The molecule has 0 saturated carbocycles. The van der Waals surface area contributed by atoms with E-state index in [1.807, 2.05) is 30.3 Å². The van der Waals surface area contributed by atoms with Crippen molar-refractivity contribution in [1.29, 1.82) is 0 Å². The molecule has 0 aliphatic rings. The van der Waals surface area contributed by atoms with Crippen molar-refractivity contribution in [2.45, 2.75) is 0 Å². The van der Waals surface area contributed by atoms with Crippen LogP contribution in [0.5, 0.6) is 17.2 Å². The number of hydrogen-bond donors (Lipinski definition) is 1. The maximum atomic E-state index is 11.8. The molecule has 1 amide bonds. The molecule has 0 fully saturated rings. The number of carbonyl (C=O) groups is 1. The largest absolute Gasteiger partial charge is 0.484 e. The molecule has 0 aliphatic carbocycles. The smallest absolute Gasteiger partial charge is 0.263 e. The Morgan fingerprint density at radius 2 is 1.67 bits per heavy atom. The van der Waals surface area contributed by atoms with Gasteiger partial charge < -0.3 is 14.8 Å². The molecule has 1 N–H and O–H groups in total. The number of carbonyl (C=O) groups excluding carboxylic acids is 1. The van der Waals surface area contributed by atoms with Gasteiger partial charge >= 0.3 is 0 Å². The number of anilines is 1. The Morgan fingerprint density at radius 3 is 2.33 bits per heavy atom. The summed E-state index contributed by atoms with van der Waals surface area (Å²) < 4.78 is 12.8. The van der Waals surface area contributed by atoms with E-state index in [1.54, 1.807) is 48.3 Å². The minimum atomic E-state index is -0.265. The van der Waals surface area contributed by atoms with Crippen LogP contribution >= 0.6 is 0 Å². The van der Waals surface area contributed by atoms with E-state index >= 15 is 0 Å². The zero-order valence-corrected chi connectivity index (χ0v) is 13.2. The molecule has 24 heavy (non-hydrogen) atoms. The van der Waals surface area contributed by atoms with Crippen LogP contribution in [-0.4, -0.2) is 22.3 Å². The number of amides is 1. The van der Waals surface area contributed by atoms with Crippen LogP contribution in [0.2, 0.25) is 0 Å². The molecule has 0 atom stereocenters. The third kappa shape index (κ3) is 4.36. The summed E-state index contributed by atoms with van der Waals surface area (Å²) >= 11 is 0. The lowest BCUT2D eigenvalue weighted by Gasteiger charge is -2.08. The van der Waals surface area contributed by atoms with Crippen LogP contribution in [0.1, 0.15) is 0 Å². The lowest BCUT2D eigenvalue weighted by molar-refractivity contribution is -0.118. The molecule has 3 rings (SSSR count). The molecule has 6 nitrogen and oxygen atoms in total. The fourth-order valence-electron chi connectivity index (χ4n) is 2.04. The first kappa shape index (κ1) is 15.6. The molecule has 0 radical (unpaired) electrons. The molecule has 0 unspecified atom stereocenters. The zero-order chi connectivity index (χ0) is 16.8. The molecule has 6 heteroatoms. The highest BCUT2D eigenvalue weighted by atomic mass is 16.5. The highest BCUT2D eigenvalue weighted by Gasteiger charge is 2.06. The third-order valence-electron chi connectivity index (χ3n) is 3.15. The first-order valence-electron chi connectivity index (χ1n) is 7.44. The van der Waals surface area contributed by atoms with Crippen molar-refractivity contribution in [3.8, 4) is 17.2 Å². The molecular weight excluding hydrogens is 306 g/mol. The Bertz CT molecular complexity index is 798. The molecule has 1 heterocycles. The van der Waals surface area contributed by atoms with E-state index < -0.39 is 0 Å². The summed E-state index contributed by atoms with van der Waals surface area (Å²) in [5, 5.41) is 6.73. The summed E-state index contributed by atoms with van der Waals surface area (Å²) in [4.78, 5) is 11.8. The summed E-state index contributed by atoms with van der Waals surface area (Å²) in [7, 11) is 1.78. The van der Waals surface area contributed by atoms with Gasteiger partial charge in [0.1, 0.15) is 17.2 Å². The fourth-order valence-corrected chi connectivity index (χ4v) is 2.04. The van der Waals surface area contributed by atoms with Gasteiger partial charge in [0, 0.05) is 19.3 Å². The standard InChI is InChI=1S/C18H17N3O3/c1-21-12-11-17(20-21)19-18(22)13-23-14-7-9-16(10-8-14)24-15-5-3-2-4-6-15/h2-12H,13H2,1H3,(H,19,20,22). The molecule has 122 valence electrons. The number of nitrogens with zero attached hydrogens (tertiary/aromatic N) is 2. The van der Waals surface area contributed by atoms with Crippen molar-refractivity contribution in [3.05, 3.63) is 66.9 Å². The van der Waals surface area contributed by atoms with Crippen molar-refractivity contribution in [2.75, 3.05) is 11.9 Å². The Hall–Kier alpha value is -3.28. The van der Waals surface area contributed by atoms with Crippen molar-refractivity contribution in [2.24, 2.45) is 7.05 Å². The number of para-hydroxylation sites is 1. The number of benzene rings is 2. The lowest BCUT2D eigenvalue weighted by Crippen LogP contribution is -2.20. The normalized spacial score (nSPS) is 10.2. The van der Waals surface area contributed by atoms with Crippen LogP contribution in [0.25, 0.3) is 0 Å². The topological polar surface area (TPSA) is 65.4 Å². The summed E-state index contributed by atoms with van der Waals surface area (Å²) in [6.07, 6.45) is 1.75. The fraction of sp³-hybridized carbons (Fsp3) is 0.111. The van der Waals surface area contributed by atoms with Crippen LogP contribution in [-0.2, 0) is 11.8 Å². The molecule has 0 aliphatic heterocycles. The zero-order valence-electron chi connectivity index (χ0n) is 13.2. The Balaban J connectivity index is 1.50. The Kier molecular flexibility index (Phi) is 4.76. The quantitative estimate of drug-likeness (QED) is 0.756. The second kappa shape index (κ2) is 7.32. The van der Waals surface area contributed by atoms with Gasteiger partial charge in [-0.15, -0.1) is 0 Å². The molecule has 0 bridgehead atoms. The number of aromatic nitrogens is 2. The first-order chi connectivity index (χ1) is 11.7. The SMILES string of the molecule is Cn1ccc(NC(=O)COc2ccc(Oc3ccccc3)cc2)n1. The Morgan fingerprint density at radius 1 is 1.00 bits per heavy atom. The minimum absolute atomic E-state index is 0.0878. The number of rotatable bonds is 6. The monoisotopic (exact) mass is 323 g/mol. The van der Waals surface area contributed by atoms with Crippen LogP contribution < -0.4 is 14.8 Å². The van der Waals surface area contributed by atoms with Crippen LogP contribution in [0.4, 0.5) is 5.82 Å². The van der Waals surface area contributed by atoms with Gasteiger partial charge in [-0.1, -0.05) is 18.2 Å². The van der Waals surface area contributed by atoms with E-state index in [4.69, 9.17) is 9.47 Å². The number of hydrogen-bond acceptors (Lipinski definition) is 4. The number of nitrogens with one attached hydrogen (secondary N) is 1. The van der Waals surface area contributed by atoms with Crippen molar-refractivity contribution in [3.63, 3.8) is 0 Å². The summed E-state index contributed by atoms with van der Waals surface area (Å²) in [5.41, 5.74) is 0. The number of ether oxygens (including phenoxy) is 2. The molecule has 3 aromatic rings. The van der Waals surface area contributed by atoms with E-state index in [1.165, 1.54) is 0 Å².